The van der Waals surface area contributed by atoms with E-state index >= 15 is 0 Å². The maximum atomic E-state index is 12.2. The number of amides is 1. The summed E-state index contributed by atoms with van der Waals surface area (Å²) in [4.78, 5) is 12.4. The van der Waals surface area contributed by atoms with Crippen molar-refractivity contribution in [1.82, 2.24) is 5.32 Å². The highest BCUT2D eigenvalue weighted by molar-refractivity contribution is 7.80. The Kier molecular flexibility index (Phi) is 5.69. The molecule has 0 fully saturated rings. The van der Waals surface area contributed by atoms with E-state index in [1.807, 2.05) is 30.3 Å². The van der Waals surface area contributed by atoms with Gasteiger partial charge in [-0.15, -0.1) is 0 Å². The Hall–Kier alpha value is -1.42. The van der Waals surface area contributed by atoms with Crippen LogP contribution in [-0.4, -0.2) is 10.9 Å². The largest absolute Gasteiger partial charge is 0.391 e. The SMILES string of the molecule is CC(CC(=O)NC(C(N)=S)c1ccccc1)C(C)(C)C. The number of nitrogens with two attached hydrogens (primary N) is 1. The zero-order valence-corrected chi connectivity index (χ0v) is 13.5. The first-order chi connectivity index (χ1) is 9.21. The molecule has 2 atom stereocenters. The van der Waals surface area contributed by atoms with Crippen molar-refractivity contribution in [3.05, 3.63) is 35.9 Å². The van der Waals surface area contributed by atoms with Crippen molar-refractivity contribution >= 4 is 23.1 Å². The molecule has 0 aliphatic carbocycles. The number of carbonyl (C=O) groups excluding carboxylic acids is 1. The molecule has 0 heterocycles. The normalized spacial score (nSPS) is 14.4. The van der Waals surface area contributed by atoms with Gasteiger partial charge in [-0.3, -0.25) is 4.79 Å². The van der Waals surface area contributed by atoms with Gasteiger partial charge in [-0.05, 0) is 16.9 Å². The van der Waals surface area contributed by atoms with Gasteiger partial charge in [0.1, 0.15) is 11.0 Å². The van der Waals surface area contributed by atoms with Gasteiger partial charge in [0.2, 0.25) is 5.91 Å². The smallest absolute Gasteiger partial charge is 0.221 e. The lowest BCUT2D eigenvalue weighted by atomic mass is 9.80. The summed E-state index contributed by atoms with van der Waals surface area (Å²) in [5, 5.41) is 2.93. The second kappa shape index (κ2) is 6.84. The number of nitrogens with one attached hydrogen (secondary N) is 1. The number of carbonyl (C=O) groups is 1. The van der Waals surface area contributed by atoms with E-state index in [9.17, 15) is 4.79 Å². The minimum atomic E-state index is -0.397. The summed E-state index contributed by atoms with van der Waals surface area (Å²) in [6.45, 7) is 8.48. The van der Waals surface area contributed by atoms with Crippen molar-refractivity contribution in [3.63, 3.8) is 0 Å². The quantitative estimate of drug-likeness (QED) is 0.819. The molecular weight excluding hydrogens is 268 g/mol. The summed E-state index contributed by atoms with van der Waals surface area (Å²) in [6, 6.07) is 9.17. The molecule has 1 aromatic rings. The first-order valence-electron chi connectivity index (χ1n) is 6.85. The minimum absolute atomic E-state index is 0.0194. The third-order valence-corrected chi connectivity index (χ3v) is 3.93. The van der Waals surface area contributed by atoms with Gasteiger partial charge in [-0.2, -0.15) is 0 Å². The second-order valence-corrected chi connectivity index (χ2v) is 6.76. The van der Waals surface area contributed by atoms with Crippen LogP contribution in [-0.2, 0) is 4.79 Å². The fourth-order valence-corrected chi connectivity index (χ4v) is 1.96. The van der Waals surface area contributed by atoms with E-state index in [-0.39, 0.29) is 22.2 Å². The molecule has 1 amide bonds. The van der Waals surface area contributed by atoms with Crippen LogP contribution in [0.5, 0.6) is 0 Å². The molecule has 20 heavy (non-hydrogen) atoms. The van der Waals surface area contributed by atoms with Crippen LogP contribution >= 0.6 is 12.2 Å². The topological polar surface area (TPSA) is 55.1 Å². The van der Waals surface area contributed by atoms with Crippen molar-refractivity contribution in [1.29, 1.82) is 0 Å². The Morgan fingerprint density at radius 1 is 1.30 bits per heavy atom. The first kappa shape index (κ1) is 16.6. The molecule has 4 heteroatoms. The van der Waals surface area contributed by atoms with Crippen LogP contribution in [0.3, 0.4) is 0 Å². The predicted molar refractivity (Wildman–Crippen MR) is 87.3 cm³/mol. The Labute approximate surface area is 126 Å². The molecule has 3 nitrogen and oxygen atoms in total. The van der Waals surface area contributed by atoms with Gasteiger partial charge >= 0.3 is 0 Å². The highest BCUT2D eigenvalue weighted by Crippen LogP contribution is 2.28. The van der Waals surface area contributed by atoms with Gasteiger partial charge < -0.3 is 11.1 Å². The van der Waals surface area contributed by atoms with Crippen LogP contribution in [0.4, 0.5) is 0 Å². The van der Waals surface area contributed by atoms with Crippen molar-refractivity contribution in [2.75, 3.05) is 0 Å². The Bertz CT molecular complexity index is 465. The lowest BCUT2D eigenvalue weighted by Crippen LogP contribution is -2.38. The van der Waals surface area contributed by atoms with Crippen molar-refractivity contribution in [3.8, 4) is 0 Å². The molecule has 0 spiro atoms. The third-order valence-electron chi connectivity index (χ3n) is 3.69. The lowest BCUT2D eigenvalue weighted by Gasteiger charge is -2.27. The fraction of sp³-hybridized carbons (Fsp3) is 0.500. The fourth-order valence-electron chi connectivity index (χ4n) is 1.77. The number of hydrogen-bond donors (Lipinski definition) is 2. The molecule has 2 unspecified atom stereocenters. The van der Waals surface area contributed by atoms with Crippen molar-refractivity contribution < 1.29 is 4.79 Å². The molecular formula is C16H24N2OS. The summed E-state index contributed by atoms with van der Waals surface area (Å²) in [6.07, 6.45) is 0.468. The molecule has 0 radical (unpaired) electrons. The van der Waals surface area contributed by atoms with Gasteiger partial charge in [0.05, 0.1) is 0 Å². The molecule has 1 rings (SSSR count). The predicted octanol–water partition coefficient (Wildman–Crippen LogP) is 3.20. The van der Waals surface area contributed by atoms with E-state index in [0.717, 1.165) is 5.56 Å². The van der Waals surface area contributed by atoms with Gasteiger partial charge in [0.25, 0.3) is 0 Å². The molecule has 0 saturated carbocycles. The van der Waals surface area contributed by atoms with Gasteiger partial charge in [0, 0.05) is 6.42 Å². The summed E-state index contributed by atoms with van der Waals surface area (Å²) < 4.78 is 0. The number of rotatable bonds is 5. The summed E-state index contributed by atoms with van der Waals surface area (Å²) >= 11 is 5.07. The molecule has 0 saturated heterocycles. The number of benzene rings is 1. The summed E-state index contributed by atoms with van der Waals surface area (Å²) in [7, 11) is 0. The van der Waals surface area contributed by atoms with Crippen LogP contribution < -0.4 is 11.1 Å². The number of hydrogen-bond acceptors (Lipinski definition) is 2. The Balaban J connectivity index is 2.73. The molecule has 0 aromatic heterocycles. The molecule has 0 bridgehead atoms. The van der Waals surface area contributed by atoms with E-state index in [2.05, 4.69) is 33.0 Å². The Morgan fingerprint density at radius 2 is 1.85 bits per heavy atom. The zero-order chi connectivity index (χ0) is 15.3. The van der Waals surface area contributed by atoms with Crippen molar-refractivity contribution in [2.45, 2.75) is 40.2 Å². The summed E-state index contributed by atoms with van der Waals surface area (Å²) in [5.41, 5.74) is 6.76. The van der Waals surface area contributed by atoms with Crippen LogP contribution in [0.2, 0.25) is 0 Å². The van der Waals surface area contributed by atoms with Crippen LogP contribution in [0.25, 0.3) is 0 Å². The molecule has 0 aliphatic rings. The standard InChI is InChI=1S/C16H24N2OS/c1-11(16(2,3)4)10-13(19)18-14(15(17)20)12-8-6-5-7-9-12/h5-9,11,14H,10H2,1-4H3,(H2,17,20)(H,18,19). The van der Waals surface area contributed by atoms with Crippen molar-refractivity contribution in [2.24, 2.45) is 17.1 Å². The van der Waals surface area contributed by atoms with E-state index < -0.39 is 6.04 Å². The maximum absolute atomic E-state index is 12.2. The van der Waals surface area contributed by atoms with Gasteiger partial charge in [0.15, 0.2) is 0 Å². The zero-order valence-electron chi connectivity index (χ0n) is 12.6. The van der Waals surface area contributed by atoms with Crippen LogP contribution in [0.15, 0.2) is 30.3 Å². The van der Waals surface area contributed by atoms with E-state index in [1.165, 1.54) is 0 Å². The lowest BCUT2D eigenvalue weighted by molar-refractivity contribution is -0.123. The van der Waals surface area contributed by atoms with Gasteiger partial charge in [-0.25, -0.2) is 0 Å². The maximum Gasteiger partial charge on any atom is 0.221 e. The molecule has 0 aliphatic heterocycles. The monoisotopic (exact) mass is 292 g/mol. The molecule has 1 aromatic carbocycles. The van der Waals surface area contributed by atoms with E-state index in [4.69, 9.17) is 18.0 Å². The number of thiocarbonyl (C=S) groups is 1. The van der Waals surface area contributed by atoms with Gasteiger partial charge in [-0.1, -0.05) is 70.2 Å². The Morgan fingerprint density at radius 3 is 2.30 bits per heavy atom. The summed E-state index contributed by atoms with van der Waals surface area (Å²) in [5.74, 6) is 0.263. The molecule has 110 valence electrons. The third kappa shape index (κ3) is 4.93. The van der Waals surface area contributed by atoms with E-state index in [0.29, 0.717) is 6.42 Å². The average Bonchev–Trinajstić information content (AvgIpc) is 2.35. The van der Waals surface area contributed by atoms with Crippen LogP contribution in [0, 0.1) is 11.3 Å². The second-order valence-electron chi connectivity index (χ2n) is 6.28. The molecule has 3 N–H and O–H groups in total. The highest BCUT2D eigenvalue weighted by Gasteiger charge is 2.24. The average molecular weight is 292 g/mol. The van der Waals surface area contributed by atoms with E-state index in [1.54, 1.807) is 0 Å². The van der Waals surface area contributed by atoms with Crippen LogP contribution in [0.1, 0.15) is 45.7 Å². The highest BCUT2D eigenvalue weighted by atomic mass is 32.1. The minimum Gasteiger partial charge on any atom is -0.391 e. The first-order valence-corrected chi connectivity index (χ1v) is 7.26.